The van der Waals surface area contributed by atoms with E-state index in [-0.39, 0.29) is 12.8 Å². The van der Waals surface area contributed by atoms with Gasteiger partial charge in [0, 0.05) is 22.6 Å². The van der Waals surface area contributed by atoms with Gasteiger partial charge in [-0.3, -0.25) is 0 Å². The van der Waals surface area contributed by atoms with Gasteiger partial charge >= 0.3 is 0 Å². The van der Waals surface area contributed by atoms with Crippen LogP contribution in [0.1, 0.15) is 35.4 Å². The molecular formula is C24H19ClN2O4. The fraction of sp³-hybridized carbons (Fsp3) is 0.208. The molecule has 0 bridgehead atoms. The van der Waals surface area contributed by atoms with Crippen molar-refractivity contribution in [1.82, 2.24) is 5.01 Å². The van der Waals surface area contributed by atoms with Crippen molar-refractivity contribution in [3.05, 3.63) is 82.4 Å². The Kier molecular flexibility index (Phi) is 4.21. The van der Waals surface area contributed by atoms with Crippen LogP contribution in [0.4, 0.5) is 0 Å². The standard InChI is InChI=1S/C24H19ClN2O4/c1-28-20-5-3-2-4-16(20)24-27-19(17-11-15(25)7-9-21(17)31-24)12-18(26-27)14-6-8-22-23(10-14)30-13-29-22/h2-11,19,24H,12-13H2,1H3/t19-,24-/m0/s1. The Morgan fingerprint density at radius 2 is 1.81 bits per heavy atom. The van der Waals surface area contributed by atoms with Crippen molar-refractivity contribution in [2.45, 2.75) is 18.7 Å². The van der Waals surface area contributed by atoms with Crippen LogP contribution in [0.25, 0.3) is 0 Å². The van der Waals surface area contributed by atoms with Crippen molar-refractivity contribution >= 4 is 17.3 Å². The third-order valence-electron chi connectivity index (χ3n) is 5.86. The molecule has 3 heterocycles. The summed E-state index contributed by atoms with van der Waals surface area (Å²) in [6.07, 6.45) is 0.309. The van der Waals surface area contributed by atoms with Gasteiger partial charge in [0.15, 0.2) is 11.5 Å². The van der Waals surface area contributed by atoms with Crippen molar-refractivity contribution in [2.75, 3.05) is 13.9 Å². The number of ether oxygens (including phenoxy) is 4. The monoisotopic (exact) mass is 434 g/mol. The lowest BCUT2D eigenvalue weighted by Crippen LogP contribution is -2.33. The lowest BCUT2D eigenvalue weighted by atomic mass is 9.95. The molecule has 0 aliphatic carbocycles. The zero-order chi connectivity index (χ0) is 20.9. The topological polar surface area (TPSA) is 52.5 Å². The Hall–Kier alpha value is -3.38. The highest BCUT2D eigenvalue weighted by Crippen LogP contribution is 2.49. The van der Waals surface area contributed by atoms with Gasteiger partial charge in [-0.25, -0.2) is 5.01 Å². The van der Waals surface area contributed by atoms with Crippen molar-refractivity contribution in [1.29, 1.82) is 0 Å². The minimum Gasteiger partial charge on any atom is -0.496 e. The third-order valence-corrected chi connectivity index (χ3v) is 6.10. The minimum absolute atomic E-state index is 0.00205. The molecule has 0 saturated heterocycles. The van der Waals surface area contributed by atoms with E-state index in [0.717, 1.165) is 51.8 Å². The summed E-state index contributed by atoms with van der Waals surface area (Å²) in [7, 11) is 1.66. The number of hydrogen-bond donors (Lipinski definition) is 0. The van der Waals surface area contributed by atoms with Gasteiger partial charge in [-0.1, -0.05) is 23.7 Å². The maximum atomic E-state index is 6.42. The van der Waals surface area contributed by atoms with Crippen molar-refractivity contribution < 1.29 is 18.9 Å². The van der Waals surface area contributed by atoms with E-state index >= 15 is 0 Å². The Morgan fingerprint density at radius 3 is 2.71 bits per heavy atom. The second-order valence-corrected chi connectivity index (χ2v) is 8.05. The van der Waals surface area contributed by atoms with E-state index < -0.39 is 6.23 Å². The Labute approximate surface area is 184 Å². The summed E-state index contributed by atoms with van der Waals surface area (Å²) in [6.45, 7) is 0.246. The van der Waals surface area contributed by atoms with E-state index in [4.69, 9.17) is 35.6 Å². The van der Waals surface area contributed by atoms with E-state index in [1.807, 2.05) is 65.7 Å². The largest absolute Gasteiger partial charge is 0.496 e. The number of fused-ring (bicyclic) bond motifs is 4. The van der Waals surface area contributed by atoms with Crippen LogP contribution in [-0.2, 0) is 0 Å². The summed E-state index contributed by atoms with van der Waals surface area (Å²) < 4.78 is 23.0. The molecule has 31 heavy (non-hydrogen) atoms. The first-order chi connectivity index (χ1) is 15.2. The Bertz CT molecular complexity index is 1210. The fourth-order valence-electron chi connectivity index (χ4n) is 4.38. The van der Waals surface area contributed by atoms with E-state index in [1.165, 1.54) is 0 Å². The second-order valence-electron chi connectivity index (χ2n) is 7.61. The van der Waals surface area contributed by atoms with Gasteiger partial charge in [-0.15, -0.1) is 0 Å². The SMILES string of the molecule is COc1ccccc1[C@@H]1Oc2ccc(Cl)cc2[C@@H]2CC(c3ccc4c(c3)OCO4)=NN21. The maximum absolute atomic E-state index is 6.42. The number of para-hydroxylation sites is 1. The van der Waals surface area contributed by atoms with Crippen LogP contribution < -0.4 is 18.9 Å². The molecule has 3 aliphatic rings. The minimum atomic E-state index is -0.415. The summed E-state index contributed by atoms with van der Waals surface area (Å²) in [5.74, 6) is 3.07. The zero-order valence-corrected chi connectivity index (χ0v) is 17.5. The van der Waals surface area contributed by atoms with Crippen LogP contribution in [0.2, 0.25) is 5.02 Å². The molecule has 0 N–H and O–H groups in total. The summed E-state index contributed by atoms with van der Waals surface area (Å²) in [6, 6.07) is 19.5. The van der Waals surface area contributed by atoms with Gasteiger partial charge in [0.1, 0.15) is 11.5 Å². The summed E-state index contributed by atoms with van der Waals surface area (Å²) in [5, 5.41) is 7.68. The van der Waals surface area contributed by atoms with Crippen LogP contribution in [0.3, 0.4) is 0 Å². The maximum Gasteiger partial charge on any atom is 0.231 e. The van der Waals surface area contributed by atoms with Crippen LogP contribution >= 0.6 is 11.6 Å². The van der Waals surface area contributed by atoms with Gasteiger partial charge in [0.25, 0.3) is 0 Å². The highest BCUT2D eigenvalue weighted by atomic mass is 35.5. The molecule has 0 spiro atoms. The van der Waals surface area contributed by atoms with Gasteiger partial charge in [0.05, 0.1) is 24.4 Å². The molecule has 3 aliphatic heterocycles. The van der Waals surface area contributed by atoms with Gasteiger partial charge < -0.3 is 18.9 Å². The first-order valence-corrected chi connectivity index (χ1v) is 10.4. The molecule has 6 rings (SSSR count). The zero-order valence-electron chi connectivity index (χ0n) is 16.7. The summed E-state index contributed by atoms with van der Waals surface area (Å²) in [5.41, 5.74) is 3.91. The predicted octanol–water partition coefficient (Wildman–Crippen LogP) is 5.32. The van der Waals surface area contributed by atoms with Crippen LogP contribution in [0, 0.1) is 0 Å². The van der Waals surface area contributed by atoms with E-state index in [2.05, 4.69) is 0 Å². The molecule has 0 saturated carbocycles. The average Bonchev–Trinajstić information content (AvgIpc) is 3.45. The molecule has 0 fully saturated rings. The lowest BCUT2D eigenvalue weighted by Gasteiger charge is -2.38. The quantitative estimate of drug-likeness (QED) is 0.558. The van der Waals surface area contributed by atoms with Gasteiger partial charge in [-0.05, 0) is 48.5 Å². The summed E-state index contributed by atoms with van der Waals surface area (Å²) >= 11 is 6.32. The fourth-order valence-corrected chi connectivity index (χ4v) is 4.56. The molecule has 0 amide bonds. The van der Waals surface area contributed by atoms with E-state index in [1.54, 1.807) is 7.11 Å². The number of halogens is 1. The van der Waals surface area contributed by atoms with E-state index in [9.17, 15) is 0 Å². The highest BCUT2D eigenvalue weighted by Gasteiger charge is 2.42. The van der Waals surface area contributed by atoms with Gasteiger partial charge in [0.2, 0.25) is 13.0 Å². The van der Waals surface area contributed by atoms with Crippen molar-refractivity contribution in [3.8, 4) is 23.0 Å². The average molecular weight is 435 g/mol. The smallest absolute Gasteiger partial charge is 0.231 e. The first kappa shape index (κ1) is 18.4. The first-order valence-electron chi connectivity index (χ1n) is 10.1. The molecule has 6 nitrogen and oxygen atoms in total. The van der Waals surface area contributed by atoms with Crippen molar-refractivity contribution in [3.63, 3.8) is 0 Å². The number of methoxy groups -OCH3 is 1. The number of nitrogens with zero attached hydrogens (tertiary/aromatic N) is 2. The molecule has 7 heteroatoms. The van der Waals surface area contributed by atoms with Gasteiger partial charge in [-0.2, -0.15) is 5.10 Å². The highest BCUT2D eigenvalue weighted by molar-refractivity contribution is 6.30. The van der Waals surface area contributed by atoms with E-state index in [0.29, 0.717) is 5.02 Å². The predicted molar refractivity (Wildman–Crippen MR) is 116 cm³/mol. The number of hydrazone groups is 1. The molecule has 3 aromatic carbocycles. The molecular weight excluding hydrogens is 416 g/mol. The molecule has 0 unspecified atom stereocenters. The van der Waals surface area contributed by atoms with Crippen LogP contribution in [-0.4, -0.2) is 24.6 Å². The molecule has 3 aromatic rings. The Balaban J connectivity index is 1.46. The lowest BCUT2D eigenvalue weighted by molar-refractivity contribution is -0.0203. The van der Waals surface area contributed by atoms with Crippen LogP contribution in [0.15, 0.2) is 65.8 Å². The number of rotatable bonds is 3. The molecule has 0 aromatic heterocycles. The second kappa shape index (κ2) is 7.10. The number of benzene rings is 3. The molecule has 2 atom stereocenters. The third kappa shape index (κ3) is 2.98. The molecule has 0 radical (unpaired) electrons. The van der Waals surface area contributed by atoms with Crippen LogP contribution in [0.5, 0.6) is 23.0 Å². The number of hydrogen-bond acceptors (Lipinski definition) is 6. The molecule has 156 valence electrons. The normalized spacial score (nSPS) is 20.6. The Morgan fingerprint density at radius 1 is 0.968 bits per heavy atom. The summed E-state index contributed by atoms with van der Waals surface area (Å²) in [4.78, 5) is 0. The van der Waals surface area contributed by atoms with Crippen molar-refractivity contribution in [2.24, 2.45) is 5.10 Å².